The molecule has 5 rings (SSSR count). The van der Waals surface area contributed by atoms with E-state index in [1.165, 1.54) is 21.0 Å². The maximum absolute atomic E-state index is 14.0. The predicted molar refractivity (Wildman–Crippen MR) is 132 cm³/mol. The molecular formula is C28H27F2IN3O2-. The third-order valence-corrected chi connectivity index (χ3v) is 9.08. The molecular weight excluding hydrogens is 575 g/mol. The van der Waals surface area contributed by atoms with E-state index < -0.39 is 23.1 Å². The van der Waals surface area contributed by atoms with Crippen LogP contribution >= 0.6 is 0 Å². The van der Waals surface area contributed by atoms with Crippen LogP contribution in [0.2, 0.25) is 0 Å². The molecule has 0 N–H and O–H groups in total. The summed E-state index contributed by atoms with van der Waals surface area (Å²) in [6.07, 6.45) is 0. The second-order valence-electron chi connectivity index (χ2n) is 9.20. The minimum atomic E-state index is -0.830. The summed E-state index contributed by atoms with van der Waals surface area (Å²) in [6.45, 7) is 1.95. The number of amides is 2. The first-order chi connectivity index (χ1) is 17.3. The molecule has 2 saturated heterocycles. The Morgan fingerprint density at radius 2 is 1.50 bits per heavy atom. The van der Waals surface area contributed by atoms with Gasteiger partial charge < -0.3 is 0 Å². The molecule has 0 radical (unpaired) electrons. The van der Waals surface area contributed by atoms with Crippen LogP contribution in [0, 0.1) is 11.6 Å². The van der Waals surface area contributed by atoms with E-state index >= 15 is 0 Å². The number of hydrogen-bond acceptors (Lipinski definition) is 3. The Balaban J connectivity index is 1.27. The molecule has 2 amide bonds. The Morgan fingerprint density at radius 1 is 0.889 bits per heavy atom. The molecule has 5 nitrogen and oxygen atoms in total. The Kier molecular flexibility index (Phi) is 6.96. The van der Waals surface area contributed by atoms with Gasteiger partial charge in [-0.1, -0.05) is 6.07 Å². The summed E-state index contributed by atoms with van der Waals surface area (Å²) < 4.78 is 29.9. The number of hydrogen-bond donors (Lipinski definition) is 0. The van der Waals surface area contributed by atoms with Gasteiger partial charge in [-0.3, -0.25) is 4.79 Å². The summed E-state index contributed by atoms with van der Waals surface area (Å²) in [4.78, 5) is 30.6. The number of piperazine rings is 1. The summed E-state index contributed by atoms with van der Waals surface area (Å²) in [5.41, 5.74) is 4.73. The van der Waals surface area contributed by atoms with Gasteiger partial charge in [0.25, 0.3) is 5.91 Å². The number of nitrogens with zero attached hydrogens (tertiary/aromatic N) is 3. The average molecular weight is 602 g/mol. The van der Waals surface area contributed by atoms with Gasteiger partial charge in [0, 0.05) is 0 Å². The normalized spacial score (nSPS) is 17.4. The minimum absolute atomic E-state index is 0.0539. The molecule has 2 heterocycles. The van der Waals surface area contributed by atoms with Crippen LogP contribution in [-0.4, -0.2) is 66.3 Å². The van der Waals surface area contributed by atoms with Gasteiger partial charge in [-0.25, -0.2) is 8.78 Å². The Bertz CT molecular complexity index is 1280. The Morgan fingerprint density at radius 3 is 2.08 bits per heavy atom. The summed E-state index contributed by atoms with van der Waals surface area (Å²) in [5.74, 6) is -2.21. The van der Waals surface area contributed by atoms with Crippen molar-refractivity contribution in [3.63, 3.8) is 0 Å². The van der Waals surface area contributed by atoms with Crippen molar-refractivity contribution < 1.29 is 39.6 Å². The number of rotatable bonds is 5. The standard InChI is InChI=1S/C28H27F2IN3O2/c1-32(2)27(35)21-11-8-19(16-22(21)25-17-31-25)18-6-9-20(10-7-18)33-12-14-34(15-13-33)28(36)26-23(29)4-3-5-24(26)30/h3-11,16,25H,12-15,17H2,1-2H3/q-1. The number of alkyl halides is 2. The monoisotopic (exact) mass is 602 g/mol. The number of carbonyl (C=O) groups is 2. The third-order valence-electron chi connectivity index (χ3n) is 6.64. The van der Waals surface area contributed by atoms with Gasteiger partial charge in [-0.05, 0) is 12.1 Å². The summed E-state index contributed by atoms with van der Waals surface area (Å²) >= 11 is 0.161. The van der Waals surface area contributed by atoms with E-state index in [0.717, 1.165) is 34.5 Å². The number of benzene rings is 3. The van der Waals surface area contributed by atoms with Crippen molar-refractivity contribution in [2.45, 2.75) is 3.92 Å². The second kappa shape index (κ2) is 10.2. The van der Waals surface area contributed by atoms with E-state index in [-0.39, 0.29) is 27.1 Å². The SMILES string of the molecule is CN(C)C(=O)c1ccc(-c2ccc(N3CCN(C(=O)c4c(F)cccc4F)CC3)cc2)cc1C1C[I-]1. The molecule has 1 unspecified atom stereocenters. The van der Waals surface area contributed by atoms with E-state index in [9.17, 15) is 18.4 Å². The van der Waals surface area contributed by atoms with Gasteiger partial charge in [0.1, 0.15) is 17.2 Å². The molecule has 2 aliphatic rings. The summed E-state index contributed by atoms with van der Waals surface area (Å²) in [5, 5.41) is 0. The summed E-state index contributed by atoms with van der Waals surface area (Å²) in [7, 11) is 3.57. The van der Waals surface area contributed by atoms with Crippen LogP contribution in [-0.2, 0) is 0 Å². The Labute approximate surface area is 220 Å². The molecule has 0 aliphatic carbocycles. The first-order valence-corrected chi connectivity index (χ1v) is 14.6. The van der Waals surface area contributed by atoms with Crippen LogP contribution < -0.4 is 26.1 Å². The number of carbonyl (C=O) groups excluding carboxylic acids is 2. The van der Waals surface area contributed by atoms with Gasteiger partial charge in [0.15, 0.2) is 0 Å². The van der Waals surface area contributed by atoms with Crippen molar-refractivity contribution in [2.24, 2.45) is 0 Å². The zero-order chi connectivity index (χ0) is 25.4. The van der Waals surface area contributed by atoms with E-state index in [1.54, 1.807) is 19.0 Å². The van der Waals surface area contributed by atoms with Crippen LogP contribution in [0.5, 0.6) is 0 Å². The topological polar surface area (TPSA) is 43.9 Å². The zero-order valence-corrected chi connectivity index (χ0v) is 22.3. The van der Waals surface area contributed by atoms with Crippen molar-refractivity contribution in [1.82, 2.24) is 9.80 Å². The molecule has 3 aromatic carbocycles. The Hall–Kier alpha value is -3.01. The predicted octanol–water partition coefficient (Wildman–Crippen LogP) is 1.44. The molecule has 0 spiro atoms. The van der Waals surface area contributed by atoms with E-state index in [0.29, 0.717) is 30.1 Å². The first-order valence-electron chi connectivity index (χ1n) is 11.9. The third kappa shape index (κ3) is 4.96. The van der Waals surface area contributed by atoms with Crippen LogP contribution in [0.1, 0.15) is 30.2 Å². The molecule has 1 atom stereocenters. The van der Waals surface area contributed by atoms with Gasteiger partial charge in [0.05, 0.1) is 0 Å². The van der Waals surface area contributed by atoms with Crippen LogP contribution in [0.25, 0.3) is 11.1 Å². The van der Waals surface area contributed by atoms with Crippen LogP contribution in [0.3, 0.4) is 0 Å². The molecule has 0 bridgehead atoms. The van der Waals surface area contributed by atoms with Crippen LogP contribution in [0.4, 0.5) is 14.5 Å². The second-order valence-corrected chi connectivity index (χ2v) is 12.5. The quantitative estimate of drug-likeness (QED) is 0.328. The fourth-order valence-electron chi connectivity index (χ4n) is 4.54. The maximum atomic E-state index is 14.0. The van der Waals surface area contributed by atoms with Crippen molar-refractivity contribution in [2.75, 3.05) is 49.6 Å². The van der Waals surface area contributed by atoms with Gasteiger partial charge in [-0.15, -0.1) is 0 Å². The van der Waals surface area contributed by atoms with Crippen molar-refractivity contribution in [3.05, 3.63) is 89.0 Å². The molecule has 36 heavy (non-hydrogen) atoms. The molecule has 3 aromatic rings. The first kappa shape index (κ1) is 24.7. The van der Waals surface area contributed by atoms with Gasteiger partial charge in [0.2, 0.25) is 0 Å². The fraction of sp³-hybridized carbons (Fsp3) is 0.286. The zero-order valence-electron chi connectivity index (χ0n) is 20.2. The fourth-order valence-corrected chi connectivity index (χ4v) is 6.26. The van der Waals surface area contributed by atoms with E-state index in [4.69, 9.17) is 0 Å². The average Bonchev–Trinajstić information content (AvgIpc) is 3.73. The number of anilines is 1. The molecule has 0 aromatic heterocycles. The van der Waals surface area contributed by atoms with Crippen molar-refractivity contribution >= 4 is 17.5 Å². The van der Waals surface area contributed by atoms with Crippen LogP contribution in [0.15, 0.2) is 60.7 Å². The van der Waals surface area contributed by atoms with Gasteiger partial charge in [-0.2, -0.15) is 0 Å². The van der Waals surface area contributed by atoms with E-state index in [2.05, 4.69) is 35.2 Å². The van der Waals surface area contributed by atoms with Gasteiger partial charge >= 0.3 is 166 Å². The van der Waals surface area contributed by atoms with Crippen molar-refractivity contribution in [3.8, 4) is 11.1 Å². The van der Waals surface area contributed by atoms with E-state index in [1.807, 2.05) is 12.1 Å². The molecule has 188 valence electrons. The molecule has 2 fully saturated rings. The molecule has 0 saturated carbocycles. The number of halogens is 3. The van der Waals surface area contributed by atoms with Crippen molar-refractivity contribution in [1.29, 1.82) is 0 Å². The molecule has 8 heteroatoms. The molecule has 2 aliphatic heterocycles. The summed E-state index contributed by atoms with van der Waals surface area (Å²) in [6, 6.07) is 17.9.